The van der Waals surface area contributed by atoms with E-state index < -0.39 is 0 Å². The van der Waals surface area contributed by atoms with Crippen LogP contribution in [-0.4, -0.2) is 11.0 Å². The fourth-order valence-electron chi connectivity index (χ4n) is 1.75. The highest BCUT2D eigenvalue weighted by molar-refractivity contribution is 6.30. The summed E-state index contributed by atoms with van der Waals surface area (Å²) in [7, 11) is 0. The maximum atomic E-state index is 12.0. The third-order valence-corrected chi connectivity index (χ3v) is 3.10. The molecule has 0 aliphatic heterocycles. The number of rotatable bonds is 4. The number of halogens is 1. The fraction of sp³-hybridized carbons (Fsp3) is 0.267. The van der Waals surface area contributed by atoms with Crippen molar-refractivity contribution >= 4 is 11.6 Å². The molecule has 1 aromatic carbocycles. The minimum atomic E-state index is -0.0550. The molecule has 0 bridgehead atoms. The van der Waals surface area contributed by atoms with Gasteiger partial charge in [0.05, 0.1) is 0 Å². The third kappa shape index (κ3) is 3.69. The first kappa shape index (κ1) is 13.8. The molecule has 4 heteroatoms. The van der Waals surface area contributed by atoms with Crippen LogP contribution in [0, 0.1) is 0 Å². The van der Waals surface area contributed by atoms with Gasteiger partial charge in [0.15, 0.2) is 0 Å². The van der Waals surface area contributed by atoms with Crippen molar-refractivity contribution in [2.24, 2.45) is 0 Å². The van der Waals surface area contributed by atoms with E-state index in [1.807, 2.05) is 36.4 Å². The molecule has 0 fully saturated rings. The molecule has 0 amide bonds. The molecule has 0 unspecified atom stereocenters. The van der Waals surface area contributed by atoms with Gasteiger partial charge >= 0.3 is 0 Å². The molecule has 1 heterocycles. The lowest BCUT2D eigenvalue weighted by atomic mass is 10.1. The smallest absolute Gasteiger partial charge is 0.252 e. The molecule has 19 heavy (non-hydrogen) atoms. The van der Waals surface area contributed by atoms with E-state index in [1.54, 1.807) is 0 Å². The van der Waals surface area contributed by atoms with Crippen LogP contribution in [0.5, 0.6) is 0 Å². The number of hydrogen-bond donors (Lipinski definition) is 2. The van der Waals surface area contributed by atoms with Crippen LogP contribution in [-0.2, 0) is 6.54 Å². The lowest BCUT2D eigenvalue weighted by Gasteiger charge is -2.08. The van der Waals surface area contributed by atoms with E-state index >= 15 is 0 Å². The standard InChI is InChI=1S/C15H17ClN2O/c1-10(2)17-9-12-5-8-14(18-15(12)19)11-3-6-13(16)7-4-11/h3-8,10,17H,9H2,1-2H3,(H,18,19). The average Bonchev–Trinajstić information content (AvgIpc) is 2.38. The van der Waals surface area contributed by atoms with Crippen molar-refractivity contribution in [1.82, 2.24) is 10.3 Å². The number of pyridine rings is 1. The molecule has 2 N–H and O–H groups in total. The Morgan fingerprint density at radius 1 is 1.16 bits per heavy atom. The van der Waals surface area contributed by atoms with Gasteiger partial charge in [0.25, 0.3) is 5.56 Å². The van der Waals surface area contributed by atoms with Crippen LogP contribution >= 0.6 is 11.6 Å². The zero-order valence-electron chi connectivity index (χ0n) is 11.0. The van der Waals surface area contributed by atoms with Gasteiger partial charge in [-0.15, -0.1) is 0 Å². The zero-order valence-corrected chi connectivity index (χ0v) is 11.8. The minimum Gasteiger partial charge on any atom is -0.322 e. The van der Waals surface area contributed by atoms with Crippen LogP contribution in [0.1, 0.15) is 19.4 Å². The number of aromatic amines is 1. The van der Waals surface area contributed by atoms with Crippen molar-refractivity contribution in [2.75, 3.05) is 0 Å². The van der Waals surface area contributed by atoms with Gasteiger partial charge in [-0.2, -0.15) is 0 Å². The molecular weight excluding hydrogens is 260 g/mol. The van der Waals surface area contributed by atoms with Gasteiger partial charge in [-0.1, -0.05) is 43.6 Å². The lowest BCUT2D eigenvalue weighted by Crippen LogP contribution is -2.26. The second-order valence-electron chi connectivity index (χ2n) is 4.77. The second-order valence-corrected chi connectivity index (χ2v) is 5.21. The Morgan fingerprint density at radius 2 is 1.84 bits per heavy atom. The topological polar surface area (TPSA) is 44.9 Å². The average molecular weight is 277 g/mol. The molecule has 0 aliphatic rings. The molecule has 0 aliphatic carbocycles. The van der Waals surface area contributed by atoms with E-state index in [2.05, 4.69) is 24.1 Å². The van der Waals surface area contributed by atoms with Crippen LogP contribution in [0.15, 0.2) is 41.2 Å². The quantitative estimate of drug-likeness (QED) is 0.901. The molecule has 3 nitrogen and oxygen atoms in total. The summed E-state index contributed by atoms with van der Waals surface area (Å²) in [6, 6.07) is 11.5. The Morgan fingerprint density at radius 3 is 2.42 bits per heavy atom. The van der Waals surface area contributed by atoms with Gasteiger partial charge in [-0.05, 0) is 23.8 Å². The molecule has 0 saturated heterocycles. The second kappa shape index (κ2) is 6.04. The predicted octanol–water partition coefficient (Wildman–Crippen LogP) is 3.19. The Hall–Kier alpha value is -1.58. The van der Waals surface area contributed by atoms with Crippen molar-refractivity contribution in [3.63, 3.8) is 0 Å². The van der Waals surface area contributed by atoms with E-state index in [4.69, 9.17) is 11.6 Å². The molecule has 1 aromatic heterocycles. The number of aromatic nitrogens is 1. The molecule has 0 radical (unpaired) electrons. The largest absolute Gasteiger partial charge is 0.322 e. The van der Waals surface area contributed by atoms with E-state index in [0.29, 0.717) is 17.6 Å². The monoisotopic (exact) mass is 276 g/mol. The number of H-pyrrole nitrogens is 1. The maximum absolute atomic E-state index is 12.0. The van der Waals surface area contributed by atoms with E-state index in [-0.39, 0.29) is 5.56 Å². The molecule has 0 saturated carbocycles. The van der Waals surface area contributed by atoms with E-state index in [0.717, 1.165) is 16.8 Å². The minimum absolute atomic E-state index is 0.0550. The van der Waals surface area contributed by atoms with Crippen molar-refractivity contribution in [3.8, 4) is 11.3 Å². The van der Waals surface area contributed by atoms with Crippen molar-refractivity contribution < 1.29 is 0 Å². The number of benzene rings is 1. The Labute approximate surface area is 117 Å². The van der Waals surface area contributed by atoms with E-state index in [1.165, 1.54) is 0 Å². The number of hydrogen-bond acceptors (Lipinski definition) is 2. The van der Waals surface area contributed by atoms with Crippen molar-refractivity contribution in [3.05, 3.63) is 57.3 Å². The SMILES string of the molecule is CC(C)NCc1ccc(-c2ccc(Cl)cc2)[nH]c1=O. The predicted molar refractivity (Wildman–Crippen MR) is 79.5 cm³/mol. The summed E-state index contributed by atoms with van der Waals surface area (Å²) in [4.78, 5) is 14.9. The Balaban J connectivity index is 2.23. The summed E-state index contributed by atoms with van der Waals surface area (Å²) in [6.07, 6.45) is 0. The molecule has 0 atom stereocenters. The summed E-state index contributed by atoms with van der Waals surface area (Å²) < 4.78 is 0. The highest BCUT2D eigenvalue weighted by Gasteiger charge is 2.04. The molecular formula is C15H17ClN2O. The van der Waals surface area contributed by atoms with Gasteiger partial charge in [0, 0.05) is 28.9 Å². The van der Waals surface area contributed by atoms with Gasteiger partial charge in [0.2, 0.25) is 0 Å². The first-order valence-corrected chi connectivity index (χ1v) is 6.65. The summed E-state index contributed by atoms with van der Waals surface area (Å²) in [6.45, 7) is 4.68. The van der Waals surface area contributed by atoms with Crippen LogP contribution < -0.4 is 10.9 Å². The van der Waals surface area contributed by atoms with Crippen molar-refractivity contribution in [1.29, 1.82) is 0 Å². The zero-order chi connectivity index (χ0) is 13.8. The maximum Gasteiger partial charge on any atom is 0.252 e. The number of nitrogens with one attached hydrogen (secondary N) is 2. The summed E-state index contributed by atoms with van der Waals surface area (Å²) in [5.41, 5.74) is 2.44. The first-order valence-electron chi connectivity index (χ1n) is 6.28. The lowest BCUT2D eigenvalue weighted by molar-refractivity contribution is 0.586. The van der Waals surface area contributed by atoms with Gasteiger partial charge in [0.1, 0.15) is 0 Å². The molecule has 0 spiro atoms. The Bertz CT molecular complexity index is 602. The van der Waals surface area contributed by atoms with Gasteiger partial charge in [-0.25, -0.2) is 0 Å². The third-order valence-electron chi connectivity index (χ3n) is 2.85. The van der Waals surface area contributed by atoms with Crippen LogP contribution in [0.3, 0.4) is 0 Å². The summed E-state index contributed by atoms with van der Waals surface area (Å²) in [5.74, 6) is 0. The molecule has 100 valence electrons. The summed E-state index contributed by atoms with van der Waals surface area (Å²) >= 11 is 5.85. The highest BCUT2D eigenvalue weighted by Crippen LogP contribution is 2.18. The van der Waals surface area contributed by atoms with Crippen LogP contribution in [0.25, 0.3) is 11.3 Å². The van der Waals surface area contributed by atoms with Crippen LogP contribution in [0.4, 0.5) is 0 Å². The Kier molecular flexibility index (Phi) is 4.40. The normalized spacial score (nSPS) is 10.9. The summed E-state index contributed by atoms with van der Waals surface area (Å²) in [5, 5.41) is 3.92. The van der Waals surface area contributed by atoms with Gasteiger partial charge < -0.3 is 10.3 Å². The molecule has 2 aromatic rings. The van der Waals surface area contributed by atoms with Gasteiger partial charge in [-0.3, -0.25) is 4.79 Å². The fourth-order valence-corrected chi connectivity index (χ4v) is 1.88. The van der Waals surface area contributed by atoms with E-state index in [9.17, 15) is 4.79 Å². The highest BCUT2D eigenvalue weighted by atomic mass is 35.5. The molecule has 2 rings (SSSR count). The first-order chi connectivity index (χ1) is 9.06. The van der Waals surface area contributed by atoms with Crippen LogP contribution in [0.2, 0.25) is 5.02 Å². The van der Waals surface area contributed by atoms with Crippen molar-refractivity contribution in [2.45, 2.75) is 26.4 Å².